The zero-order valence-corrected chi connectivity index (χ0v) is 20.1. The molecular formula is C24H23Cl2N3O3S. The van der Waals surface area contributed by atoms with E-state index >= 15 is 0 Å². The summed E-state index contributed by atoms with van der Waals surface area (Å²) in [6.45, 7) is 0.299. The maximum Gasteiger partial charge on any atom is 0.271 e. The Morgan fingerprint density at radius 1 is 0.970 bits per heavy atom. The first-order chi connectivity index (χ1) is 16.0. The minimum atomic E-state index is -0.252. The van der Waals surface area contributed by atoms with Crippen LogP contribution in [-0.2, 0) is 6.61 Å². The summed E-state index contributed by atoms with van der Waals surface area (Å²) in [6, 6.07) is 13.9. The Bertz CT molecular complexity index is 1120. The fraction of sp³-hybridized carbons (Fsp3) is 0.292. The summed E-state index contributed by atoms with van der Waals surface area (Å²) in [5.74, 6) is 0.257. The highest BCUT2D eigenvalue weighted by atomic mass is 35.5. The molecule has 1 fully saturated rings. The quantitative estimate of drug-likeness (QED) is 0.445. The summed E-state index contributed by atoms with van der Waals surface area (Å²) < 4.78 is 5.70. The first-order valence-electron chi connectivity index (χ1n) is 10.7. The number of halogens is 2. The van der Waals surface area contributed by atoms with Crippen molar-refractivity contribution in [3.63, 3.8) is 0 Å². The van der Waals surface area contributed by atoms with Crippen molar-refractivity contribution in [2.45, 2.75) is 44.4 Å². The van der Waals surface area contributed by atoms with Gasteiger partial charge in [0.05, 0.1) is 10.0 Å². The van der Waals surface area contributed by atoms with Crippen LogP contribution in [0.2, 0.25) is 10.0 Å². The van der Waals surface area contributed by atoms with E-state index < -0.39 is 0 Å². The van der Waals surface area contributed by atoms with Crippen LogP contribution in [0, 0.1) is 0 Å². The van der Waals surface area contributed by atoms with Crippen LogP contribution in [-0.4, -0.2) is 28.9 Å². The Morgan fingerprint density at radius 3 is 2.36 bits per heavy atom. The van der Waals surface area contributed by atoms with Crippen LogP contribution in [0.4, 0.5) is 0 Å². The van der Waals surface area contributed by atoms with Crippen molar-refractivity contribution < 1.29 is 14.3 Å². The first kappa shape index (κ1) is 23.5. The van der Waals surface area contributed by atoms with Gasteiger partial charge in [-0.15, -0.1) is 11.3 Å². The molecule has 2 N–H and O–H groups in total. The zero-order chi connectivity index (χ0) is 23.2. The summed E-state index contributed by atoms with van der Waals surface area (Å²) in [7, 11) is 0. The summed E-state index contributed by atoms with van der Waals surface area (Å²) in [5.41, 5.74) is 0.786. The molecule has 6 nitrogen and oxygen atoms in total. The Morgan fingerprint density at radius 2 is 1.67 bits per heavy atom. The summed E-state index contributed by atoms with van der Waals surface area (Å²) in [5, 5.41) is 9.26. The molecule has 0 saturated heterocycles. The molecule has 9 heteroatoms. The van der Waals surface area contributed by atoms with E-state index in [2.05, 4.69) is 15.6 Å². The van der Waals surface area contributed by atoms with E-state index in [0.717, 1.165) is 36.4 Å². The van der Waals surface area contributed by atoms with Crippen molar-refractivity contribution in [3.8, 4) is 5.75 Å². The number of nitrogens with one attached hydrogen (secondary N) is 2. The van der Waals surface area contributed by atoms with Crippen LogP contribution in [0.25, 0.3) is 0 Å². The van der Waals surface area contributed by atoms with Gasteiger partial charge in [-0.2, -0.15) is 0 Å². The summed E-state index contributed by atoms with van der Waals surface area (Å²) in [4.78, 5) is 30.0. The Hall–Kier alpha value is -2.61. The number of carbonyl (C=O) groups is 2. The van der Waals surface area contributed by atoms with Gasteiger partial charge in [0.25, 0.3) is 11.8 Å². The number of carbonyl (C=O) groups excluding carboxylic acids is 2. The van der Waals surface area contributed by atoms with E-state index in [1.165, 1.54) is 11.3 Å². The Labute approximate surface area is 206 Å². The third kappa shape index (κ3) is 6.25. The molecule has 2 atom stereocenters. The monoisotopic (exact) mass is 503 g/mol. The van der Waals surface area contributed by atoms with E-state index in [1.54, 1.807) is 23.6 Å². The molecule has 33 heavy (non-hydrogen) atoms. The third-order valence-electron chi connectivity index (χ3n) is 5.47. The third-order valence-corrected chi connectivity index (χ3v) is 7.03. The second-order valence-electron chi connectivity index (χ2n) is 7.80. The molecule has 0 bridgehead atoms. The van der Waals surface area contributed by atoms with Crippen molar-refractivity contribution in [1.29, 1.82) is 0 Å². The number of ether oxygens (including phenoxy) is 1. The van der Waals surface area contributed by atoms with Gasteiger partial charge >= 0.3 is 0 Å². The molecule has 1 aromatic heterocycles. The van der Waals surface area contributed by atoms with E-state index in [0.29, 0.717) is 27.9 Å². The Balaban J connectivity index is 1.35. The second kappa shape index (κ2) is 11.0. The fourth-order valence-electron chi connectivity index (χ4n) is 3.75. The van der Waals surface area contributed by atoms with Crippen LogP contribution in [0.5, 0.6) is 5.75 Å². The molecule has 1 aliphatic rings. The van der Waals surface area contributed by atoms with Crippen molar-refractivity contribution in [3.05, 3.63) is 80.2 Å². The van der Waals surface area contributed by atoms with Crippen molar-refractivity contribution in [2.24, 2.45) is 0 Å². The molecule has 1 saturated carbocycles. The second-order valence-corrected chi connectivity index (χ2v) is 9.56. The molecule has 2 aromatic carbocycles. The van der Waals surface area contributed by atoms with Crippen LogP contribution in [0.3, 0.4) is 0 Å². The zero-order valence-electron chi connectivity index (χ0n) is 17.7. The normalized spacial score (nSPS) is 17.9. The van der Waals surface area contributed by atoms with E-state index in [4.69, 9.17) is 27.9 Å². The molecule has 0 radical (unpaired) electrons. The van der Waals surface area contributed by atoms with Gasteiger partial charge in [-0.25, -0.2) is 4.98 Å². The average Bonchev–Trinajstić information content (AvgIpc) is 3.31. The van der Waals surface area contributed by atoms with Crippen LogP contribution in [0.15, 0.2) is 53.9 Å². The maximum absolute atomic E-state index is 12.8. The van der Waals surface area contributed by atoms with Crippen LogP contribution >= 0.6 is 34.5 Å². The van der Waals surface area contributed by atoms with Crippen molar-refractivity contribution >= 4 is 46.4 Å². The summed E-state index contributed by atoms with van der Waals surface area (Å²) >= 11 is 13.4. The highest BCUT2D eigenvalue weighted by molar-refractivity contribution is 7.09. The van der Waals surface area contributed by atoms with Gasteiger partial charge in [0.1, 0.15) is 23.1 Å². The molecule has 4 rings (SSSR count). The van der Waals surface area contributed by atoms with E-state index in [9.17, 15) is 9.59 Å². The molecule has 3 aromatic rings. The van der Waals surface area contributed by atoms with Crippen molar-refractivity contribution in [2.75, 3.05) is 0 Å². The largest absolute Gasteiger partial charge is 0.486 e. The Kier molecular flexibility index (Phi) is 7.85. The molecule has 0 aliphatic heterocycles. The summed E-state index contributed by atoms with van der Waals surface area (Å²) in [6.07, 6.45) is 3.53. The number of rotatable bonds is 7. The highest BCUT2D eigenvalue weighted by Gasteiger charge is 2.29. The minimum absolute atomic E-state index is 0.177. The van der Waals surface area contributed by atoms with Gasteiger partial charge in [0.15, 0.2) is 0 Å². The van der Waals surface area contributed by atoms with Crippen molar-refractivity contribution in [1.82, 2.24) is 15.6 Å². The SMILES string of the molecule is O=C(N[C@@H]1CCCC[C@@H]1NC(=O)c1csc(COc2ccccc2)n1)c1ccc(Cl)c(Cl)c1. The smallest absolute Gasteiger partial charge is 0.271 e. The lowest BCUT2D eigenvalue weighted by molar-refractivity contribution is 0.0860. The number of para-hydroxylation sites is 1. The average molecular weight is 504 g/mol. The number of amides is 2. The number of hydrogen-bond acceptors (Lipinski definition) is 5. The van der Waals surface area contributed by atoms with Gasteiger partial charge in [-0.3, -0.25) is 9.59 Å². The highest BCUT2D eigenvalue weighted by Crippen LogP contribution is 2.24. The predicted octanol–water partition coefficient (Wildman–Crippen LogP) is 5.50. The standard InChI is InChI=1S/C24H23Cl2N3O3S/c25-17-11-10-15(12-18(17)26)23(30)28-19-8-4-5-9-20(19)29-24(31)21-14-33-22(27-21)13-32-16-6-2-1-3-7-16/h1-3,6-7,10-12,14,19-20H,4-5,8-9,13H2,(H,28,30)(H,29,31)/t19-,20+/m1/s1. The molecule has 1 heterocycles. The first-order valence-corrected chi connectivity index (χ1v) is 12.3. The van der Waals surface area contributed by atoms with Gasteiger partial charge in [0.2, 0.25) is 0 Å². The molecule has 0 spiro atoms. The molecule has 1 aliphatic carbocycles. The van der Waals surface area contributed by atoms with Crippen LogP contribution < -0.4 is 15.4 Å². The molecular weight excluding hydrogens is 481 g/mol. The van der Waals surface area contributed by atoms with Gasteiger partial charge in [0, 0.05) is 23.0 Å². The number of nitrogens with zero attached hydrogens (tertiary/aromatic N) is 1. The van der Waals surface area contributed by atoms with E-state index in [1.807, 2.05) is 30.3 Å². The van der Waals surface area contributed by atoms with Crippen LogP contribution in [0.1, 0.15) is 51.5 Å². The fourth-order valence-corrected chi connectivity index (χ4v) is 4.73. The lowest BCUT2D eigenvalue weighted by Crippen LogP contribution is -2.53. The number of hydrogen-bond donors (Lipinski definition) is 2. The molecule has 172 valence electrons. The lowest BCUT2D eigenvalue weighted by atomic mass is 9.90. The number of benzene rings is 2. The molecule has 2 amide bonds. The predicted molar refractivity (Wildman–Crippen MR) is 130 cm³/mol. The van der Waals surface area contributed by atoms with Gasteiger partial charge in [-0.05, 0) is 43.2 Å². The molecule has 0 unspecified atom stereocenters. The minimum Gasteiger partial charge on any atom is -0.486 e. The lowest BCUT2D eigenvalue weighted by Gasteiger charge is -2.32. The van der Waals surface area contributed by atoms with Gasteiger partial charge in [-0.1, -0.05) is 54.2 Å². The van der Waals surface area contributed by atoms with Gasteiger partial charge < -0.3 is 15.4 Å². The topological polar surface area (TPSA) is 80.3 Å². The number of thiazole rings is 1. The van der Waals surface area contributed by atoms with E-state index in [-0.39, 0.29) is 23.9 Å². The number of aromatic nitrogens is 1. The maximum atomic E-state index is 12.8.